The molecule has 0 spiro atoms. The number of aromatic nitrogens is 6. The molecule has 1 aliphatic heterocycles. The monoisotopic (exact) mass is 730 g/mol. The molecule has 1 unspecified atom stereocenters. The number of ether oxygens (including phenoxy) is 1. The van der Waals surface area contributed by atoms with Crippen LogP contribution in [-0.4, -0.2) is 93.8 Å². The summed E-state index contributed by atoms with van der Waals surface area (Å²) in [7, 11) is 0. The van der Waals surface area contributed by atoms with Crippen LogP contribution in [0.25, 0.3) is 16.9 Å². The van der Waals surface area contributed by atoms with Gasteiger partial charge in [-0.1, -0.05) is 40.0 Å². The second kappa shape index (κ2) is 14.6. The lowest BCUT2D eigenvalue weighted by molar-refractivity contribution is -0.195. The Morgan fingerprint density at radius 2 is 1.81 bits per heavy atom. The van der Waals surface area contributed by atoms with Gasteiger partial charge < -0.3 is 35.8 Å². The molecule has 1 aliphatic rings. The van der Waals surface area contributed by atoms with E-state index in [2.05, 4.69) is 31.0 Å². The molecule has 48 heavy (non-hydrogen) atoms. The highest BCUT2D eigenvalue weighted by atomic mass is 35.5. The van der Waals surface area contributed by atoms with Crippen LogP contribution in [0, 0.1) is 24.5 Å². The van der Waals surface area contributed by atoms with Crippen molar-refractivity contribution in [3.8, 4) is 16.9 Å². The summed E-state index contributed by atoms with van der Waals surface area (Å²) >= 11 is 18.4. The third-order valence-corrected chi connectivity index (χ3v) is 8.62. The van der Waals surface area contributed by atoms with E-state index in [1.165, 1.54) is 23.0 Å². The predicted molar refractivity (Wildman–Crippen MR) is 165 cm³/mol. The molecule has 2 aromatic heterocycles. The molecule has 4 aromatic rings. The summed E-state index contributed by atoms with van der Waals surface area (Å²) in [5, 5.41) is 57.9. The summed E-state index contributed by atoms with van der Waals surface area (Å²) < 4.78 is 37.4. The number of nitrogens with zero attached hydrogens (tertiary/aromatic N) is 6. The van der Waals surface area contributed by atoms with Crippen molar-refractivity contribution in [3.63, 3.8) is 0 Å². The van der Waals surface area contributed by atoms with Crippen LogP contribution in [0.1, 0.15) is 30.2 Å². The molecule has 2 aromatic carbocycles. The minimum atomic E-state index is -1.60. The molecule has 6 N–H and O–H groups in total. The Labute approximate surface area is 285 Å². The first-order chi connectivity index (χ1) is 22.8. The van der Waals surface area contributed by atoms with Crippen LogP contribution in [-0.2, 0) is 4.74 Å². The van der Waals surface area contributed by atoms with Gasteiger partial charge in [0.05, 0.1) is 29.6 Å². The molecule has 0 radical (unpaired) electrons. The molecule has 15 nitrogen and oxygen atoms in total. The van der Waals surface area contributed by atoms with Crippen molar-refractivity contribution in [1.29, 1.82) is 0 Å². The fourth-order valence-corrected chi connectivity index (χ4v) is 6.18. The Balaban J connectivity index is 1.70. The lowest BCUT2D eigenvalue weighted by Gasteiger charge is -2.47. The number of benzene rings is 2. The molecular formula is C28H27Cl3F2N8O7. The van der Waals surface area contributed by atoms with Crippen molar-refractivity contribution in [3.05, 3.63) is 74.9 Å². The zero-order chi connectivity index (χ0) is 34.9. The van der Waals surface area contributed by atoms with Crippen molar-refractivity contribution in [2.24, 2.45) is 5.92 Å². The highest BCUT2D eigenvalue weighted by Gasteiger charge is 2.52. The van der Waals surface area contributed by atoms with Gasteiger partial charge in [-0.2, -0.15) is 5.10 Å². The van der Waals surface area contributed by atoms with Crippen molar-refractivity contribution in [1.82, 2.24) is 40.4 Å². The second-order valence-corrected chi connectivity index (χ2v) is 12.0. The summed E-state index contributed by atoms with van der Waals surface area (Å²) in [6.07, 6.45) is -5.99. The summed E-state index contributed by atoms with van der Waals surface area (Å²) in [5.74, 6) is -3.02. The number of nitrogens with one attached hydrogen (secondary N) is 2. The topological polar surface area (TPSA) is 210 Å². The van der Waals surface area contributed by atoms with E-state index in [4.69, 9.17) is 39.5 Å². The minimum Gasteiger partial charge on any atom is -0.465 e. The summed E-state index contributed by atoms with van der Waals surface area (Å²) in [6, 6.07) is 3.96. The molecule has 0 saturated carbocycles. The van der Waals surface area contributed by atoms with Crippen molar-refractivity contribution in [2.75, 3.05) is 13.2 Å². The van der Waals surface area contributed by atoms with E-state index >= 15 is 0 Å². The summed E-state index contributed by atoms with van der Waals surface area (Å²) in [4.78, 5) is 27.9. The number of carbonyl (C=O) groups is 2. The van der Waals surface area contributed by atoms with Crippen LogP contribution in [0.3, 0.4) is 0 Å². The minimum absolute atomic E-state index is 0.0426. The number of carboxylic acid groups (broad SMARTS) is 2. The number of hydrogen-bond donors (Lipinski definition) is 6. The molecule has 0 bridgehead atoms. The van der Waals surface area contributed by atoms with Gasteiger partial charge in [0.25, 0.3) is 0 Å². The lowest BCUT2D eigenvalue weighted by Crippen LogP contribution is -2.57. The molecule has 3 heterocycles. The first-order valence-electron chi connectivity index (χ1n) is 14.1. The average Bonchev–Trinajstić information content (AvgIpc) is 3.67. The third-order valence-electron chi connectivity index (χ3n) is 7.71. The van der Waals surface area contributed by atoms with Crippen LogP contribution in [0.15, 0.2) is 36.5 Å². The number of halogens is 5. The zero-order valence-corrected chi connectivity index (χ0v) is 26.9. The van der Waals surface area contributed by atoms with Gasteiger partial charge >= 0.3 is 12.2 Å². The van der Waals surface area contributed by atoms with E-state index in [1.807, 2.05) is 0 Å². The molecule has 0 aliphatic carbocycles. The maximum atomic E-state index is 14.3. The third kappa shape index (κ3) is 7.30. The highest BCUT2D eigenvalue weighted by Crippen LogP contribution is 2.46. The Hall–Kier alpha value is -4.13. The first-order valence-corrected chi connectivity index (χ1v) is 15.3. The van der Waals surface area contributed by atoms with Gasteiger partial charge in [0.2, 0.25) is 0 Å². The average molecular weight is 732 g/mol. The maximum Gasteiger partial charge on any atom is 0.404 e. The first kappa shape index (κ1) is 35.2. The van der Waals surface area contributed by atoms with Gasteiger partial charge in [-0.15, -0.1) is 5.10 Å². The van der Waals surface area contributed by atoms with Crippen LogP contribution >= 0.6 is 34.8 Å². The van der Waals surface area contributed by atoms with Crippen LogP contribution in [0.4, 0.5) is 18.4 Å². The molecule has 5 rings (SSSR count). The fraction of sp³-hybridized carbons (Fsp3) is 0.357. The van der Waals surface area contributed by atoms with Crippen molar-refractivity contribution in [2.45, 2.75) is 43.7 Å². The number of rotatable bonds is 10. The SMILES string of the molecule is Cc1nc([C@H]2O[C@H](CO)[C@H](O)[C@@H](n3cc(-c4cc(F)c(Cl)c(F)c4)nn3)[C@H]2C(CCNC(=O)O)NC(=O)O)n(-c2cc(Cl)ccc2Cl)n1. The Morgan fingerprint density at radius 3 is 2.46 bits per heavy atom. The predicted octanol–water partition coefficient (Wildman–Crippen LogP) is 4.02. The van der Waals surface area contributed by atoms with Crippen molar-refractivity contribution < 1.29 is 43.5 Å². The van der Waals surface area contributed by atoms with E-state index in [1.54, 1.807) is 13.0 Å². The fourth-order valence-electron chi connectivity index (χ4n) is 5.71. The maximum absolute atomic E-state index is 14.3. The lowest BCUT2D eigenvalue weighted by atomic mass is 9.78. The Bertz CT molecular complexity index is 1810. The molecule has 1 fully saturated rings. The Morgan fingerprint density at radius 1 is 1.10 bits per heavy atom. The molecule has 2 amide bonds. The van der Waals surface area contributed by atoms with Crippen LogP contribution in [0.2, 0.25) is 15.1 Å². The van der Waals surface area contributed by atoms with Gasteiger partial charge in [0.1, 0.15) is 46.5 Å². The van der Waals surface area contributed by atoms with E-state index in [0.717, 1.165) is 16.8 Å². The van der Waals surface area contributed by atoms with E-state index in [9.17, 15) is 38.8 Å². The number of aliphatic hydroxyl groups is 2. The number of aryl methyl sites for hydroxylation is 1. The molecule has 256 valence electrons. The normalized spacial score (nSPS) is 21.5. The zero-order valence-electron chi connectivity index (χ0n) is 24.6. The largest absolute Gasteiger partial charge is 0.465 e. The standard InChI is InChI=1S/C28H27Cl3F2N8O7/c1-11-35-26(41(38-11)19-8-13(29)2-3-14(19)30)25-21(17(36-28(46)47)4-5-34-27(44)45)23(24(43)20(10-42)48-25)40-9-18(37-39-40)12-6-15(32)22(31)16(33)7-12/h2-3,6-9,17,20-21,23-25,34,36,42-43H,4-5,10H2,1H3,(H,44,45)(H,46,47)/t17?,20-,21-,23+,24+,25+/m1/s1. The second-order valence-electron chi connectivity index (χ2n) is 10.8. The summed E-state index contributed by atoms with van der Waals surface area (Å²) in [6.45, 7) is 0.607. The van der Waals surface area contributed by atoms with Crippen molar-refractivity contribution >= 4 is 47.0 Å². The smallest absolute Gasteiger partial charge is 0.404 e. The van der Waals surface area contributed by atoms with E-state index in [-0.39, 0.29) is 46.6 Å². The van der Waals surface area contributed by atoms with Gasteiger partial charge in [0, 0.05) is 29.1 Å². The highest BCUT2D eigenvalue weighted by molar-refractivity contribution is 6.34. The number of aliphatic hydroxyl groups excluding tert-OH is 2. The molecule has 20 heteroatoms. The summed E-state index contributed by atoms with van der Waals surface area (Å²) in [5.41, 5.74) is 0.181. The molecule has 1 saturated heterocycles. The Kier molecular flexibility index (Phi) is 10.7. The van der Waals surface area contributed by atoms with E-state index in [0.29, 0.717) is 5.02 Å². The van der Waals surface area contributed by atoms with Gasteiger partial charge in [-0.3, -0.25) is 0 Å². The van der Waals surface area contributed by atoms with Gasteiger partial charge in [-0.25, -0.2) is 32.7 Å². The van der Waals surface area contributed by atoms with Gasteiger partial charge in [0.15, 0.2) is 5.82 Å². The van der Waals surface area contributed by atoms with Gasteiger partial charge in [-0.05, 0) is 43.7 Å². The molecule has 6 atom stereocenters. The molecular weight excluding hydrogens is 705 g/mol. The quantitative estimate of drug-likeness (QED) is 0.128. The van der Waals surface area contributed by atoms with E-state index < -0.39 is 71.8 Å². The van der Waals surface area contributed by atoms with Crippen LogP contribution in [0.5, 0.6) is 0 Å². The number of amides is 2. The number of hydrogen-bond acceptors (Lipinski definition) is 9. The van der Waals surface area contributed by atoms with Crippen LogP contribution < -0.4 is 10.6 Å².